The van der Waals surface area contributed by atoms with Crippen LogP contribution in [0.15, 0.2) is 41.6 Å². The molecule has 1 aliphatic heterocycles. The van der Waals surface area contributed by atoms with Crippen molar-refractivity contribution in [2.45, 2.75) is 52.9 Å². The third-order valence-electron chi connectivity index (χ3n) is 6.83. The molecule has 10 heteroatoms. The molecule has 0 aliphatic carbocycles. The molecule has 4 aromatic heterocycles. The predicted molar refractivity (Wildman–Crippen MR) is 138 cm³/mol. The molecule has 36 heavy (non-hydrogen) atoms. The second-order valence-electron chi connectivity index (χ2n) is 9.46. The van der Waals surface area contributed by atoms with Gasteiger partial charge in [-0.2, -0.15) is 5.10 Å². The van der Waals surface area contributed by atoms with Crippen LogP contribution < -0.4 is 10.9 Å². The normalized spacial score (nSPS) is 14.0. The van der Waals surface area contributed by atoms with Crippen LogP contribution in [0.25, 0.3) is 33.3 Å². The average molecular weight is 485 g/mol. The van der Waals surface area contributed by atoms with E-state index >= 15 is 0 Å². The molecule has 1 unspecified atom stereocenters. The van der Waals surface area contributed by atoms with Gasteiger partial charge in [0.2, 0.25) is 5.82 Å². The van der Waals surface area contributed by atoms with Crippen molar-refractivity contribution in [2.75, 3.05) is 11.9 Å². The number of hydrogen-bond donors (Lipinski definition) is 2. The summed E-state index contributed by atoms with van der Waals surface area (Å²) in [6.07, 6.45) is 4.39. The topological polar surface area (TPSA) is 116 Å². The van der Waals surface area contributed by atoms with Gasteiger partial charge in [0.1, 0.15) is 17.7 Å². The van der Waals surface area contributed by atoms with Crippen molar-refractivity contribution < 1.29 is 5.11 Å². The lowest BCUT2D eigenvalue weighted by atomic mass is 9.95. The Bertz CT molecular complexity index is 1680. The molecule has 1 aliphatic rings. The van der Waals surface area contributed by atoms with Crippen molar-refractivity contribution in [3.05, 3.63) is 64.0 Å². The molecule has 1 atom stereocenters. The number of rotatable bonds is 6. The molecular formula is C26H28N8O2. The number of anilines is 1. The first-order chi connectivity index (χ1) is 17.4. The fraction of sp³-hybridized carbons (Fsp3) is 0.346. The van der Waals surface area contributed by atoms with Gasteiger partial charge in [0.15, 0.2) is 0 Å². The Hall–Kier alpha value is -4.05. The molecule has 0 radical (unpaired) electrons. The van der Waals surface area contributed by atoms with Crippen LogP contribution >= 0.6 is 0 Å². The molecule has 2 N–H and O–H groups in total. The van der Waals surface area contributed by atoms with Crippen molar-refractivity contribution >= 4 is 27.5 Å². The minimum atomic E-state index is -0.139. The van der Waals surface area contributed by atoms with Crippen LogP contribution in [-0.4, -0.2) is 45.8 Å². The van der Waals surface area contributed by atoms with E-state index in [0.717, 1.165) is 57.3 Å². The Labute approximate surface area is 207 Å². The van der Waals surface area contributed by atoms with Gasteiger partial charge in [-0.05, 0) is 56.5 Å². The highest BCUT2D eigenvalue weighted by atomic mass is 16.3. The lowest BCUT2D eigenvalue weighted by Crippen LogP contribution is -2.27. The zero-order chi connectivity index (χ0) is 25.0. The molecular weight excluding hydrogens is 456 g/mol. The van der Waals surface area contributed by atoms with E-state index in [2.05, 4.69) is 33.5 Å². The fourth-order valence-electron chi connectivity index (χ4n) is 5.22. The van der Waals surface area contributed by atoms with Gasteiger partial charge in [-0.25, -0.2) is 19.3 Å². The van der Waals surface area contributed by atoms with Crippen molar-refractivity contribution in [1.29, 1.82) is 0 Å². The van der Waals surface area contributed by atoms with Crippen molar-refractivity contribution in [3.8, 4) is 11.5 Å². The van der Waals surface area contributed by atoms with Crippen molar-refractivity contribution in [2.24, 2.45) is 0 Å². The fourth-order valence-corrected chi connectivity index (χ4v) is 5.22. The minimum Gasteiger partial charge on any atom is -0.394 e. The van der Waals surface area contributed by atoms with Crippen LogP contribution in [0.5, 0.6) is 0 Å². The Morgan fingerprint density at radius 1 is 1.17 bits per heavy atom. The first kappa shape index (κ1) is 22.4. The van der Waals surface area contributed by atoms with Crippen LogP contribution in [0.2, 0.25) is 0 Å². The van der Waals surface area contributed by atoms with Crippen LogP contribution in [0.4, 0.5) is 5.69 Å². The predicted octanol–water partition coefficient (Wildman–Crippen LogP) is 3.19. The minimum absolute atomic E-state index is 0.0145. The molecule has 0 saturated carbocycles. The molecule has 5 aromatic rings. The standard InChI is InChI=1S/C26H28N8O2/c1-15-11-18(22-19(12-15)26(36)33-7-4-8-34-25(33)20(22)13-28-34)17(3)30-21-6-5-16(2)29-23(21)24-27-14-32(31-24)9-10-35/h5-6,11-14,17,30,35H,4,7-10H2,1-3H3. The second-order valence-corrected chi connectivity index (χ2v) is 9.46. The molecule has 0 saturated heterocycles. The van der Waals surface area contributed by atoms with E-state index in [1.165, 1.54) is 0 Å². The van der Waals surface area contributed by atoms with Gasteiger partial charge < -0.3 is 10.4 Å². The molecule has 0 spiro atoms. The summed E-state index contributed by atoms with van der Waals surface area (Å²) in [6.45, 7) is 7.92. The van der Waals surface area contributed by atoms with Gasteiger partial charge in [-0.1, -0.05) is 6.07 Å². The number of nitrogens with zero attached hydrogens (tertiary/aromatic N) is 7. The number of pyridine rings is 2. The Balaban J connectivity index is 1.48. The number of aryl methyl sites for hydroxylation is 4. The van der Waals surface area contributed by atoms with E-state index < -0.39 is 0 Å². The van der Waals surface area contributed by atoms with E-state index in [0.29, 0.717) is 24.6 Å². The molecule has 184 valence electrons. The first-order valence-corrected chi connectivity index (χ1v) is 12.2. The SMILES string of the molecule is Cc1cc(C(C)Nc2ccc(C)nc2-c2ncn(CCO)n2)c2c(c1)c(=O)n1c3c2cnn3CCC1. The number of fused-ring (bicyclic) bond motifs is 2. The van der Waals surface area contributed by atoms with Gasteiger partial charge in [-0.15, -0.1) is 5.10 Å². The van der Waals surface area contributed by atoms with Gasteiger partial charge in [0, 0.05) is 41.0 Å². The largest absolute Gasteiger partial charge is 0.394 e. The molecule has 0 amide bonds. The third-order valence-corrected chi connectivity index (χ3v) is 6.83. The van der Waals surface area contributed by atoms with Gasteiger partial charge in [0.25, 0.3) is 5.56 Å². The number of aliphatic hydroxyl groups is 1. The molecule has 1 aromatic carbocycles. The van der Waals surface area contributed by atoms with Crippen LogP contribution in [0.1, 0.15) is 36.2 Å². The summed E-state index contributed by atoms with van der Waals surface area (Å²) < 4.78 is 5.41. The number of nitrogens with one attached hydrogen (secondary N) is 1. The quantitative estimate of drug-likeness (QED) is 0.380. The summed E-state index contributed by atoms with van der Waals surface area (Å²) in [5.74, 6) is 0.490. The summed E-state index contributed by atoms with van der Waals surface area (Å²) >= 11 is 0. The highest BCUT2D eigenvalue weighted by molar-refractivity contribution is 6.07. The molecule has 10 nitrogen and oxygen atoms in total. The van der Waals surface area contributed by atoms with Crippen LogP contribution in [0.3, 0.4) is 0 Å². The maximum Gasteiger partial charge on any atom is 0.260 e. The lowest BCUT2D eigenvalue weighted by molar-refractivity contribution is 0.269. The zero-order valence-corrected chi connectivity index (χ0v) is 20.6. The maximum atomic E-state index is 13.5. The van der Waals surface area contributed by atoms with Gasteiger partial charge in [-0.3, -0.25) is 9.36 Å². The molecule has 0 bridgehead atoms. The van der Waals surface area contributed by atoms with Gasteiger partial charge >= 0.3 is 0 Å². The highest BCUT2D eigenvalue weighted by Crippen LogP contribution is 2.34. The van der Waals surface area contributed by atoms with Crippen molar-refractivity contribution in [1.82, 2.24) is 34.1 Å². The van der Waals surface area contributed by atoms with E-state index in [-0.39, 0.29) is 18.2 Å². The van der Waals surface area contributed by atoms with E-state index in [1.807, 2.05) is 47.5 Å². The summed E-state index contributed by atoms with van der Waals surface area (Å²) in [7, 11) is 0. The number of hydrogen-bond acceptors (Lipinski definition) is 7. The second kappa shape index (κ2) is 8.56. The van der Waals surface area contributed by atoms with Crippen LogP contribution in [0, 0.1) is 13.8 Å². The van der Waals surface area contributed by atoms with E-state index in [9.17, 15) is 9.90 Å². The smallest absolute Gasteiger partial charge is 0.260 e. The van der Waals surface area contributed by atoms with Crippen molar-refractivity contribution in [3.63, 3.8) is 0 Å². The zero-order valence-electron chi connectivity index (χ0n) is 20.6. The van der Waals surface area contributed by atoms with E-state index in [4.69, 9.17) is 4.98 Å². The van der Waals surface area contributed by atoms with Crippen LogP contribution in [-0.2, 0) is 19.6 Å². The molecule has 6 rings (SSSR count). The lowest BCUT2D eigenvalue weighted by Gasteiger charge is -2.22. The summed E-state index contributed by atoms with van der Waals surface area (Å²) in [5, 5.41) is 24.6. The molecule has 5 heterocycles. The summed E-state index contributed by atoms with van der Waals surface area (Å²) in [4.78, 5) is 22.7. The Morgan fingerprint density at radius 3 is 2.86 bits per heavy atom. The first-order valence-electron chi connectivity index (χ1n) is 12.2. The number of aliphatic hydroxyl groups excluding tert-OH is 1. The Morgan fingerprint density at radius 2 is 2.03 bits per heavy atom. The van der Waals surface area contributed by atoms with Gasteiger partial charge in [0.05, 0.1) is 25.0 Å². The maximum absolute atomic E-state index is 13.5. The Kier molecular flexibility index (Phi) is 5.33. The average Bonchev–Trinajstić information content (AvgIpc) is 3.51. The highest BCUT2D eigenvalue weighted by Gasteiger charge is 2.23. The third kappa shape index (κ3) is 3.56. The monoisotopic (exact) mass is 484 g/mol. The summed E-state index contributed by atoms with van der Waals surface area (Å²) in [5.41, 5.74) is 5.29. The van der Waals surface area contributed by atoms with E-state index in [1.54, 1.807) is 11.0 Å². The number of benzene rings is 1. The summed E-state index contributed by atoms with van der Waals surface area (Å²) in [6, 6.07) is 7.92. The number of aromatic nitrogens is 7. The molecule has 0 fully saturated rings.